The lowest BCUT2D eigenvalue weighted by molar-refractivity contribution is -0.134. The number of halogens is 1. The summed E-state index contributed by atoms with van der Waals surface area (Å²) in [5.41, 5.74) is 8.14. The predicted molar refractivity (Wildman–Crippen MR) is 204 cm³/mol. The van der Waals surface area contributed by atoms with Crippen LogP contribution in [0.15, 0.2) is 110 Å². The van der Waals surface area contributed by atoms with Gasteiger partial charge in [0.1, 0.15) is 28.8 Å². The molecule has 1 aliphatic rings. The van der Waals surface area contributed by atoms with Crippen LogP contribution in [0.5, 0.6) is 17.2 Å². The number of carboxylic acids is 2. The Kier molecular flexibility index (Phi) is 11.5. The first-order chi connectivity index (χ1) is 26.3. The molecular weight excluding hydrogens is 756 g/mol. The van der Waals surface area contributed by atoms with Gasteiger partial charge in [0.05, 0.1) is 23.1 Å². The summed E-state index contributed by atoms with van der Waals surface area (Å²) in [4.78, 5) is 30.3. The third-order valence-electron chi connectivity index (χ3n) is 7.75. The number of hydrazine groups is 1. The second-order valence-corrected chi connectivity index (χ2v) is 14.1. The van der Waals surface area contributed by atoms with Gasteiger partial charge in [0.15, 0.2) is 28.7 Å². The first-order valence-corrected chi connectivity index (χ1v) is 18.9. The maximum absolute atomic E-state index is 10.8. The number of hydrogen-bond donors (Lipinski definition) is 5. The number of rotatable bonds is 17. The number of H-pyrrole nitrogens is 1. The van der Waals surface area contributed by atoms with Gasteiger partial charge < -0.3 is 33.9 Å². The molecule has 5 N–H and O–H groups in total. The molecule has 276 valence electrons. The van der Waals surface area contributed by atoms with Crippen molar-refractivity contribution < 1.29 is 38.1 Å². The molecule has 4 heterocycles. The molecule has 0 spiro atoms. The van der Waals surface area contributed by atoms with Crippen molar-refractivity contribution in [3.8, 4) is 51.5 Å². The van der Waals surface area contributed by atoms with E-state index in [1.165, 1.54) is 0 Å². The Balaban J connectivity index is 0.876. The minimum Gasteiger partial charge on any atom is -0.492 e. The number of ether oxygens (including phenoxy) is 2. The van der Waals surface area contributed by atoms with Crippen molar-refractivity contribution >= 4 is 52.9 Å². The quantitative estimate of drug-likeness (QED) is 0.0448. The minimum absolute atomic E-state index is 0.0707. The molecule has 7 rings (SSSR count). The van der Waals surface area contributed by atoms with Gasteiger partial charge in [0.2, 0.25) is 5.16 Å². The molecule has 3 aromatic heterocycles. The number of aromatic amines is 1. The van der Waals surface area contributed by atoms with E-state index in [1.54, 1.807) is 18.2 Å². The third kappa shape index (κ3) is 9.45. The molecular formula is C37H31ClN6O8S2. The van der Waals surface area contributed by atoms with E-state index in [0.29, 0.717) is 68.7 Å². The number of aromatic nitrogens is 3. The molecule has 0 aliphatic carbocycles. The summed E-state index contributed by atoms with van der Waals surface area (Å²) in [5, 5.41) is 25.3. The van der Waals surface area contributed by atoms with E-state index in [1.807, 2.05) is 72.8 Å². The summed E-state index contributed by atoms with van der Waals surface area (Å²) >= 11 is 8.74. The smallest absolute Gasteiger partial charge is 0.313 e. The molecule has 0 radical (unpaired) electrons. The summed E-state index contributed by atoms with van der Waals surface area (Å²) in [6.45, 7) is 0.464. The van der Waals surface area contributed by atoms with Crippen molar-refractivity contribution in [3.05, 3.63) is 107 Å². The summed E-state index contributed by atoms with van der Waals surface area (Å²) in [6, 6.07) is 28.1. The lowest BCUT2D eigenvalue weighted by Gasteiger charge is -2.10. The van der Waals surface area contributed by atoms with Gasteiger partial charge in [-0.05, 0) is 97.3 Å². The lowest BCUT2D eigenvalue weighted by atomic mass is 10.1. The van der Waals surface area contributed by atoms with Crippen LogP contribution in [0.25, 0.3) is 34.2 Å². The Morgan fingerprint density at radius 2 is 1.57 bits per heavy atom. The molecule has 54 heavy (non-hydrogen) atoms. The van der Waals surface area contributed by atoms with Crippen LogP contribution in [0.4, 0.5) is 0 Å². The number of aliphatic carboxylic acids is 2. The predicted octanol–water partition coefficient (Wildman–Crippen LogP) is 7.58. The summed E-state index contributed by atoms with van der Waals surface area (Å²) in [7, 11) is 0. The maximum Gasteiger partial charge on any atom is 0.313 e. The Bertz CT molecular complexity index is 2290. The van der Waals surface area contributed by atoms with Crippen molar-refractivity contribution in [2.45, 2.75) is 23.5 Å². The van der Waals surface area contributed by atoms with Crippen molar-refractivity contribution in [3.63, 3.8) is 0 Å². The van der Waals surface area contributed by atoms with Gasteiger partial charge in [0, 0.05) is 11.1 Å². The van der Waals surface area contributed by atoms with Crippen LogP contribution in [0.1, 0.15) is 17.7 Å². The molecule has 0 saturated heterocycles. The zero-order valence-electron chi connectivity index (χ0n) is 28.2. The number of nitrogens with one attached hydrogen (secondary N) is 3. The van der Waals surface area contributed by atoms with Crippen LogP contribution in [0, 0.1) is 0 Å². The van der Waals surface area contributed by atoms with E-state index >= 15 is 0 Å². The number of furan rings is 2. The Labute approximate surface area is 321 Å². The molecule has 1 aliphatic heterocycles. The summed E-state index contributed by atoms with van der Waals surface area (Å²) in [5.74, 6) is 3.05. The normalized spacial score (nSPS) is 13.7. The molecule has 1 unspecified atom stereocenters. The molecule has 6 aromatic rings. The van der Waals surface area contributed by atoms with Gasteiger partial charge in [-0.15, -0.1) is 16.9 Å². The highest BCUT2D eigenvalue weighted by atomic mass is 35.5. The Morgan fingerprint density at radius 3 is 2.37 bits per heavy atom. The molecule has 0 bridgehead atoms. The minimum atomic E-state index is -0.942. The van der Waals surface area contributed by atoms with Gasteiger partial charge in [-0.1, -0.05) is 35.5 Å². The number of carbonyl (C=O) groups is 2. The Morgan fingerprint density at radius 1 is 0.833 bits per heavy atom. The van der Waals surface area contributed by atoms with E-state index in [-0.39, 0.29) is 11.5 Å². The molecule has 0 saturated carbocycles. The fourth-order valence-electron chi connectivity index (χ4n) is 5.27. The second-order valence-electron chi connectivity index (χ2n) is 11.7. The van der Waals surface area contributed by atoms with Gasteiger partial charge in [-0.25, -0.2) is 10.4 Å². The lowest BCUT2D eigenvalue weighted by Crippen LogP contribution is -2.34. The van der Waals surface area contributed by atoms with Crippen molar-refractivity contribution in [2.75, 3.05) is 18.1 Å². The highest BCUT2D eigenvalue weighted by Gasteiger charge is 2.21. The van der Waals surface area contributed by atoms with Gasteiger partial charge >= 0.3 is 11.9 Å². The van der Waals surface area contributed by atoms with Crippen LogP contribution in [-0.2, 0) is 16.0 Å². The standard InChI is InChI=1S/C37H31ClN6O8S2/c38-26-18-23(28-13-15-31(52-28)35-40-37(44-42-35)54-20-33(47)48)8-11-29(26)49-16-2-4-21-3-1-5-25(17-21)50-24-9-6-22(7-10-24)27-12-14-30(51-27)34-39-36(43-41-34)53-19-32(45)46/h1,3,5-15,17-18,37,44H,2,4,16,19-20H2,(H,40,42)(H,45,46)(H,47,48)(H,39,41,43). The maximum atomic E-state index is 10.8. The zero-order chi connectivity index (χ0) is 37.4. The molecule has 3 aromatic carbocycles. The van der Waals surface area contributed by atoms with E-state index in [9.17, 15) is 9.59 Å². The van der Waals surface area contributed by atoms with Gasteiger partial charge in [-0.2, -0.15) is 4.98 Å². The molecule has 0 fully saturated rings. The fourth-order valence-corrected chi connectivity index (χ4v) is 6.65. The van der Waals surface area contributed by atoms with Gasteiger partial charge in [0.25, 0.3) is 0 Å². The van der Waals surface area contributed by atoms with E-state index in [0.717, 1.165) is 53.1 Å². The molecule has 1 atom stereocenters. The average Bonchev–Trinajstić information content (AvgIpc) is 4.00. The van der Waals surface area contributed by atoms with E-state index in [2.05, 4.69) is 31.0 Å². The first kappa shape index (κ1) is 36.7. The number of benzene rings is 3. The topological polar surface area (TPSA) is 197 Å². The fraction of sp³-hybridized carbons (Fsp3) is 0.162. The largest absolute Gasteiger partial charge is 0.492 e. The summed E-state index contributed by atoms with van der Waals surface area (Å²) in [6.07, 6.45) is 1.53. The van der Waals surface area contributed by atoms with Crippen LogP contribution in [-0.4, -0.2) is 66.8 Å². The van der Waals surface area contributed by atoms with Crippen LogP contribution < -0.4 is 20.3 Å². The second kappa shape index (κ2) is 17.0. The van der Waals surface area contributed by atoms with Crippen LogP contribution >= 0.6 is 35.1 Å². The SMILES string of the molecule is O=C(O)CSc1n[nH]c(-c2ccc(-c3ccc(Oc4cccc(CCCOc5ccc(-c6ccc(C7=NC(SCC(=O)O)NN7)o6)cc5Cl)c4)cc3)o2)n1. The van der Waals surface area contributed by atoms with Crippen LogP contribution in [0.3, 0.4) is 0 Å². The number of amidine groups is 1. The Hall–Kier alpha value is -5.68. The van der Waals surface area contributed by atoms with Gasteiger partial charge in [-0.3, -0.25) is 14.7 Å². The number of thioether (sulfide) groups is 2. The van der Waals surface area contributed by atoms with E-state index < -0.39 is 17.4 Å². The zero-order valence-corrected chi connectivity index (χ0v) is 30.5. The number of hydrogen-bond acceptors (Lipinski definition) is 13. The number of aryl methyl sites for hydroxylation is 1. The van der Waals surface area contributed by atoms with E-state index in [4.69, 9.17) is 40.1 Å². The van der Waals surface area contributed by atoms with Crippen molar-refractivity contribution in [2.24, 2.45) is 4.99 Å². The highest BCUT2D eigenvalue weighted by molar-refractivity contribution is 8.00. The van der Waals surface area contributed by atoms with Crippen molar-refractivity contribution in [1.29, 1.82) is 0 Å². The number of aliphatic imine (C=N–C) groups is 1. The highest BCUT2D eigenvalue weighted by Crippen LogP contribution is 2.33. The average molecular weight is 787 g/mol. The number of carboxylic acid groups (broad SMARTS) is 2. The number of nitrogens with zero attached hydrogens (tertiary/aromatic N) is 3. The molecule has 0 amide bonds. The molecule has 14 nitrogen and oxygen atoms in total. The van der Waals surface area contributed by atoms with Crippen molar-refractivity contribution in [1.82, 2.24) is 26.0 Å². The monoisotopic (exact) mass is 786 g/mol. The molecule has 17 heteroatoms. The van der Waals surface area contributed by atoms with Crippen LogP contribution in [0.2, 0.25) is 5.02 Å². The summed E-state index contributed by atoms with van der Waals surface area (Å²) < 4.78 is 24.1. The third-order valence-corrected chi connectivity index (χ3v) is 9.83. The first-order valence-electron chi connectivity index (χ1n) is 16.5.